The van der Waals surface area contributed by atoms with E-state index in [1.165, 1.54) is 0 Å². The van der Waals surface area contributed by atoms with Crippen molar-refractivity contribution < 1.29 is 4.79 Å². The number of carbonyl (C=O) groups excluding carboxylic acids is 1. The molecule has 0 saturated carbocycles. The molecule has 1 nitrogen and oxygen atoms in total. The molecule has 0 radical (unpaired) electrons. The lowest BCUT2D eigenvalue weighted by atomic mass is 10.3. The summed E-state index contributed by atoms with van der Waals surface area (Å²) in [5.74, 6) is 0. The van der Waals surface area contributed by atoms with E-state index in [0.717, 1.165) is 6.29 Å². The maximum absolute atomic E-state index is 9.61. The molecular weight excluding hydrogens is 112 g/mol. The summed E-state index contributed by atoms with van der Waals surface area (Å²) in [6.07, 6.45) is 1.92. The van der Waals surface area contributed by atoms with Crippen LogP contribution < -0.4 is 0 Å². The largest absolute Gasteiger partial charge is 0.303 e. The van der Waals surface area contributed by atoms with Gasteiger partial charge in [0.15, 0.2) is 0 Å². The molecule has 7 heavy (non-hydrogen) atoms. The average molecular weight is 119 g/mol. The van der Waals surface area contributed by atoms with Crippen molar-refractivity contribution >= 4 is 17.9 Å². The number of aldehydes is 1. The van der Waals surface area contributed by atoms with Crippen molar-refractivity contribution in [1.29, 1.82) is 0 Å². The molecule has 0 fully saturated rings. The van der Waals surface area contributed by atoms with Gasteiger partial charge in [-0.1, -0.05) is 18.2 Å². The van der Waals surface area contributed by atoms with Crippen LogP contribution in [0.3, 0.4) is 0 Å². The van der Waals surface area contributed by atoms with Crippen LogP contribution in [0.1, 0.15) is 12.8 Å². The van der Waals surface area contributed by atoms with Gasteiger partial charge in [-0.15, -0.1) is 0 Å². The molecule has 0 aliphatic carbocycles. The fraction of sp³-hybridized carbons (Fsp3) is 0.400. The molecule has 0 aliphatic heterocycles. The summed E-state index contributed by atoms with van der Waals surface area (Å²) in [5.41, 5.74) is 0. The Balaban J connectivity index is 2.97. The average Bonchev–Trinajstić information content (AvgIpc) is 1.61. The van der Waals surface area contributed by atoms with E-state index in [0.29, 0.717) is 17.9 Å². The van der Waals surface area contributed by atoms with Gasteiger partial charge in [0.1, 0.15) is 6.29 Å². The van der Waals surface area contributed by atoms with Crippen LogP contribution in [0.2, 0.25) is 0 Å². The predicted octanol–water partition coefficient (Wildman–Crippen LogP) is 1.72. The van der Waals surface area contributed by atoms with Gasteiger partial charge in [-0.3, -0.25) is 0 Å². The second kappa shape index (κ2) is 3.88. The molecule has 2 heteroatoms. The third-order valence-corrected chi connectivity index (χ3v) is 0.722. The van der Waals surface area contributed by atoms with Gasteiger partial charge in [0.25, 0.3) is 0 Å². The first-order valence-corrected chi connectivity index (χ1v) is 2.42. The molecule has 0 N–H and O–H groups in total. The molecule has 0 heterocycles. The maximum Gasteiger partial charge on any atom is 0.120 e. The standard InChI is InChI=1S/C5H7ClO/c1-5(6)3-2-4-7/h4H,1-3H2. The van der Waals surface area contributed by atoms with Crippen LogP contribution in [0.5, 0.6) is 0 Å². The van der Waals surface area contributed by atoms with Crippen molar-refractivity contribution in [2.75, 3.05) is 0 Å². The predicted molar refractivity (Wildman–Crippen MR) is 30.3 cm³/mol. The second-order valence-corrected chi connectivity index (χ2v) is 1.76. The lowest BCUT2D eigenvalue weighted by Gasteiger charge is -1.83. The number of allylic oxidation sites excluding steroid dienone is 1. The molecule has 0 spiro atoms. The fourth-order valence-corrected chi connectivity index (χ4v) is 0.325. The molecular formula is C5H7ClO. The maximum atomic E-state index is 9.61. The highest BCUT2D eigenvalue weighted by Gasteiger charge is 1.83. The van der Waals surface area contributed by atoms with Crippen molar-refractivity contribution in [2.45, 2.75) is 12.8 Å². The summed E-state index contributed by atoms with van der Waals surface area (Å²) in [6.45, 7) is 3.40. The number of hydrogen-bond donors (Lipinski definition) is 0. The number of rotatable bonds is 3. The molecule has 0 bridgehead atoms. The lowest BCUT2D eigenvalue weighted by Crippen LogP contribution is -1.72. The Bertz CT molecular complexity index is 78.1. The van der Waals surface area contributed by atoms with Crippen molar-refractivity contribution in [1.82, 2.24) is 0 Å². The Kier molecular flexibility index (Phi) is 3.71. The van der Waals surface area contributed by atoms with E-state index in [4.69, 9.17) is 11.6 Å². The topological polar surface area (TPSA) is 17.1 Å². The van der Waals surface area contributed by atoms with Crippen molar-refractivity contribution in [3.8, 4) is 0 Å². The van der Waals surface area contributed by atoms with E-state index in [-0.39, 0.29) is 0 Å². The SMILES string of the molecule is C=C(Cl)CCC=O. The zero-order chi connectivity index (χ0) is 5.70. The Labute approximate surface area is 48.0 Å². The second-order valence-electron chi connectivity index (χ2n) is 1.22. The minimum absolute atomic E-state index is 0.488. The minimum atomic E-state index is 0.488. The smallest absolute Gasteiger partial charge is 0.120 e. The summed E-state index contributed by atoms with van der Waals surface area (Å²) in [6, 6.07) is 0. The molecule has 0 aromatic carbocycles. The number of hydrogen-bond acceptors (Lipinski definition) is 1. The molecule has 0 rings (SSSR count). The van der Waals surface area contributed by atoms with E-state index < -0.39 is 0 Å². The first-order chi connectivity index (χ1) is 3.27. The summed E-state index contributed by atoms with van der Waals surface area (Å²) in [7, 11) is 0. The van der Waals surface area contributed by atoms with Gasteiger partial charge in [-0.2, -0.15) is 0 Å². The molecule has 0 atom stereocenters. The Hall–Kier alpha value is -0.300. The quantitative estimate of drug-likeness (QED) is 0.516. The van der Waals surface area contributed by atoms with Gasteiger partial charge < -0.3 is 4.79 Å². The number of carbonyl (C=O) groups is 1. The molecule has 0 amide bonds. The molecule has 0 saturated heterocycles. The van der Waals surface area contributed by atoms with Gasteiger partial charge in [-0.05, 0) is 6.42 Å². The normalized spacial score (nSPS) is 8.14. The van der Waals surface area contributed by atoms with Crippen LogP contribution in [-0.4, -0.2) is 6.29 Å². The van der Waals surface area contributed by atoms with E-state index in [2.05, 4.69) is 6.58 Å². The van der Waals surface area contributed by atoms with Crippen LogP contribution >= 0.6 is 11.6 Å². The van der Waals surface area contributed by atoms with E-state index >= 15 is 0 Å². The molecule has 40 valence electrons. The lowest BCUT2D eigenvalue weighted by molar-refractivity contribution is -0.107. The van der Waals surface area contributed by atoms with E-state index in [1.807, 2.05) is 0 Å². The van der Waals surface area contributed by atoms with Crippen molar-refractivity contribution in [3.05, 3.63) is 11.6 Å². The van der Waals surface area contributed by atoms with Gasteiger partial charge in [0.2, 0.25) is 0 Å². The Morgan fingerprint density at radius 3 is 2.57 bits per heavy atom. The van der Waals surface area contributed by atoms with Gasteiger partial charge in [0, 0.05) is 11.5 Å². The Morgan fingerprint density at radius 1 is 1.86 bits per heavy atom. The summed E-state index contributed by atoms with van der Waals surface area (Å²) in [5, 5.41) is 0.548. The van der Waals surface area contributed by atoms with Crippen molar-refractivity contribution in [2.24, 2.45) is 0 Å². The zero-order valence-corrected chi connectivity index (χ0v) is 4.74. The molecule has 0 unspecified atom stereocenters. The van der Waals surface area contributed by atoms with Crippen LogP contribution in [0.15, 0.2) is 11.6 Å². The summed E-state index contributed by atoms with van der Waals surface area (Å²) < 4.78 is 0. The first kappa shape index (κ1) is 6.70. The highest BCUT2D eigenvalue weighted by atomic mass is 35.5. The highest BCUT2D eigenvalue weighted by molar-refractivity contribution is 6.29. The third-order valence-electron chi connectivity index (χ3n) is 0.533. The van der Waals surface area contributed by atoms with Crippen molar-refractivity contribution in [3.63, 3.8) is 0 Å². The van der Waals surface area contributed by atoms with Crippen LogP contribution in [0, 0.1) is 0 Å². The van der Waals surface area contributed by atoms with E-state index in [9.17, 15) is 4.79 Å². The number of halogens is 1. The Morgan fingerprint density at radius 2 is 2.43 bits per heavy atom. The summed E-state index contributed by atoms with van der Waals surface area (Å²) in [4.78, 5) is 9.61. The van der Waals surface area contributed by atoms with Gasteiger partial charge in [0.05, 0.1) is 0 Å². The monoisotopic (exact) mass is 118 g/mol. The van der Waals surface area contributed by atoms with Gasteiger partial charge in [-0.25, -0.2) is 0 Å². The molecule has 0 aliphatic rings. The van der Waals surface area contributed by atoms with Crippen LogP contribution in [-0.2, 0) is 4.79 Å². The van der Waals surface area contributed by atoms with Crippen LogP contribution in [0.4, 0.5) is 0 Å². The summed E-state index contributed by atoms with van der Waals surface area (Å²) >= 11 is 5.30. The van der Waals surface area contributed by atoms with E-state index in [1.54, 1.807) is 0 Å². The fourth-order valence-electron chi connectivity index (χ4n) is 0.216. The zero-order valence-electron chi connectivity index (χ0n) is 3.98. The molecule has 0 aromatic rings. The van der Waals surface area contributed by atoms with Crippen LogP contribution in [0.25, 0.3) is 0 Å². The third kappa shape index (κ3) is 5.70. The van der Waals surface area contributed by atoms with Gasteiger partial charge >= 0.3 is 0 Å². The highest BCUT2D eigenvalue weighted by Crippen LogP contribution is 2.03. The first-order valence-electron chi connectivity index (χ1n) is 2.04. The minimum Gasteiger partial charge on any atom is -0.303 e. The molecule has 0 aromatic heterocycles.